The van der Waals surface area contributed by atoms with Crippen LogP contribution in [0.5, 0.6) is 5.75 Å². The normalized spacial score (nSPS) is 36.6. The van der Waals surface area contributed by atoms with E-state index in [1.54, 1.807) is 6.92 Å². The molecule has 0 saturated carbocycles. The zero-order chi connectivity index (χ0) is 15.6. The topological polar surface area (TPSA) is 120 Å². The fourth-order valence-electron chi connectivity index (χ4n) is 2.45. The van der Waals surface area contributed by atoms with Crippen LogP contribution in [-0.2, 0) is 15.1 Å². The van der Waals surface area contributed by atoms with Crippen LogP contribution >= 0.6 is 0 Å². The minimum absolute atomic E-state index is 0.00434. The minimum atomic E-state index is -2.02. The van der Waals surface area contributed by atoms with E-state index in [4.69, 9.17) is 9.47 Å². The average Bonchev–Trinajstić information content (AvgIpc) is 2.48. The molecule has 1 aromatic carbocycles. The highest BCUT2D eigenvalue weighted by Gasteiger charge is 2.56. The second-order valence-corrected chi connectivity index (χ2v) is 4.95. The first kappa shape index (κ1) is 16.2. The summed E-state index contributed by atoms with van der Waals surface area (Å²) in [5.74, 6) is -0.00434. The molecule has 1 fully saturated rings. The van der Waals surface area contributed by atoms with Crippen LogP contribution in [0.4, 0.5) is 0 Å². The Morgan fingerprint density at radius 2 is 1.86 bits per heavy atom. The Hall–Kier alpha value is -1.22. The third kappa shape index (κ3) is 2.76. The number of hydrogen-bond donors (Lipinski definition) is 5. The van der Waals surface area contributed by atoms with Gasteiger partial charge in [0, 0.05) is 6.61 Å². The maximum Gasteiger partial charge on any atom is 0.193 e. The number of phenolic OH excluding ortho intramolecular Hbond substituents is 1. The van der Waals surface area contributed by atoms with E-state index in [1.807, 2.05) is 0 Å². The number of rotatable bonds is 4. The third-order valence-electron chi connectivity index (χ3n) is 3.64. The molecular weight excluding hydrogens is 280 g/mol. The van der Waals surface area contributed by atoms with E-state index in [0.717, 1.165) is 0 Å². The first-order valence-corrected chi connectivity index (χ1v) is 6.71. The summed E-state index contributed by atoms with van der Waals surface area (Å²) < 4.78 is 10.7. The van der Waals surface area contributed by atoms with Crippen molar-refractivity contribution in [1.29, 1.82) is 0 Å². The predicted molar refractivity (Wildman–Crippen MR) is 71.4 cm³/mol. The van der Waals surface area contributed by atoms with E-state index in [-0.39, 0.29) is 17.9 Å². The van der Waals surface area contributed by atoms with Gasteiger partial charge in [0.1, 0.15) is 24.1 Å². The molecule has 0 bridgehead atoms. The van der Waals surface area contributed by atoms with Crippen molar-refractivity contribution in [2.45, 2.75) is 37.1 Å². The van der Waals surface area contributed by atoms with Crippen LogP contribution in [0.15, 0.2) is 24.3 Å². The van der Waals surface area contributed by atoms with Gasteiger partial charge >= 0.3 is 0 Å². The Morgan fingerprint density at radius 1 is 1.24 bits per heavy atom. The van der Waals surface area contributed by atoms with Crippen LogP contribution in [0.2, 0.25) is 0 Å². The van der Waals surface area contributed by atoms with Crippen LogP contribution in [0.1, 0.15) is 12.5 Å². The number of phenols is 1. The maximum absolute atomic E-state index is 10.9. The number of aromatic hydroxyl groups is 1. The Labute approximate surface area is 122 Å². The summed E-state index contributed by atoms with van der Waals surface area (Å²) in [5.41, 5.74) is -1.80. The molecule has 0 radical (unpaired) electrons. The quantitative estimate of drug-likeness (QED) is 0.486. The molecule has 7 heteroatoms. The van der Waals surface area contributed by atoms with Gasteiger partial charge in [-0.2, -0.15) is 0 Å². The lowest BCUT2D eigenvalue weighted by atomic mass is 9.81. The molecule has 5 N–H and O–H groups in total. The van der Waals surface area contributed by atoms with Crippen molar-refractivity contribution in [3.8, 4) is 5.75 Å². The molecule has 5 atom stereocenters. The molecule has 1 aromatic rings. The van der Waals surface area contributed by atoms with Crippen LogP contribution in [0, 0.1) is 0 Å². The van der Waals surface area contributed by atoms with Gasteiger partial charge < -0.3 is 35.0 Å². The molecule has 0 aliphatic carbocycles. The fourth-order valence-corrected chi connectivity index (χ4v) is 2.45. The summed E-state index contributed by atoms with van der Waals surface area (Å²) in [6, 6.07) is 5.49. The zero-order valence-electron chi connectivity index (χ0n) is 11.6. The first-order valence-electron chi connectivity index (χ1n) is 6.71. The standard InChI is InChI=1S/C14H20O7/c1-2-20-13-14(19,8-3-5-9(16)6-4-8)12(18)11(17)10(7-15)21-13/h3-6,10-13,15-19H,2,7H2,1H3/t10-,11-,12+,13-,14-/m1/s1. The summed E-state index contributed by atoms with van der Waals surface area (Å²) in [7, 11) is 0. The lowest BCUT2D eigenvalue weighted by molar-refractivity contribution is -0.346. The molecule has 0 amide bonds. The number of aliphatic hydroxyl groups excluding tert-OH is 3. The molecule has 1 heterocycles. The molecule has 1 aliphatic heterocycles. The number of ether oxygens (including phenoxy) is 2. The zero-order valence-corrected chi connectivity index (χ0v) is 11.6. The summed E-state index contributed by atoms with van der Waals surface area (Å²) in [4.78, 5) is 0. The largest absolute Gasteiger partial charge is 0.508 e. The van der Waals surface area contributed by atoms with Crippen molar-refractivity contribution >= 4 is 0 Å². The van der Waals surface area contributed by atoms with Crippen molar-refractivity contribution in [2.24, 2.45) is 0 Å². The van der Waals surface area contributed by atoms with Gasteiger partial charge in [-0.25, -0.2) is 0 Å². The number of hydrogen-bond acceptors (Lipinski definition) is 7. The fraction of sp³-hybridized carbons (Fsp3) is 0.571. The van der Waals surface area contributed by atoms with Gasteiger partial charge in [0.05, 0.1) is 6.61 Å². The van der Waals surface area contributed by atoms with Gasteiger partial charge in [0.15, 0.2) is 11.9 Å². The van der Waals surface area contributed by atoms with Gasteiger partial charge in [-0.05, 0) is 24.6 Å². The van der Waals surface area contributed by atoms with Crippen molar-refractivity contribution in [2.75, 3.05) is 13.2 Å². The average molecular weight is 300 g/mol. The molecule has 21 heavy (non-hydrogen) atoms. The van der Waals surface area contributed by atoms with Gasteiger partial charge in [-0.3, -0.25) is 0 Å². The molecule has 1 aliphatic rings. The van der Waals surface area contributed by atoms with E-state index in [2.05, 4.69) is 0 Å². The van der Waals surface area contributed by atoms with Crippen LogP contribution < -0.4 is 0 Å². The predicted octanol–water partition coefficient (Wildman–Crippen LogP) is -0.945. The van der Waals surface area contributed by atoms with E-state index >= 15 is 0 Å². The van der Waals surface area contributed by atoms with E-state index < -0.39 is 36.8 Å². The highest BCUT2D eigenvalue weighted by Crippen LogP contribution is 2.39. The Morgan fingerprint density at radius 3 is 2.38 bits per heavy atom. The van der Waals surface area contributed by atoms with Gasteiger partial charge in [-0.15, -0.1) is 0 Å². The summed E-state index contributed by atoms with van der Waals surface area (Å²) >= 11 is 0. The lowest BCUT2D eigenvalue weighted by Crippen LogP contribution is -2.65. The van der Waals surface area contributed by atoms with E-state index in [1.165, 1.54) is 24.3 Å². The van der Waals surface area contributed by atoms with E-state index in [0.29, 0.717) is 0 Å². The first-order chi connectivity index (χ1) is 9.94. The van der Waals surface area contributed by atoms with Crippen molar-refractivity contribution in [3.05, 3.63) is 29.8 Å². The van der Waals surface area contributed by atoms with Crippen molar-refractivity contribution < 1.29 is 35.0 Å². The summed E-state index contributed by atoms with van der Waals surface area (Å²) in [6.45, 7) is 1.37. The molecule has 0 spiro atoms. The van der Waals surface area contributed by atoms with Gasteiger partial charge in [0.25, 0.3) is 0 Å². The summed E-state index contributed by atoms with van der Waals surface area (Å²) in [6.07, 6.45) is -5.42. The minimum Gasteiger partial charge on any atom is -0.508 e. The lowest BCUT2D eigenvalue weighted by Gasteiger charge is -2.47. The van der Waals surface area contributed by atoms with Gasteiger partial charge in [-0.1, -0.05) is 12.1 Å². The maximum atomic E-state index is 10.9. The SMILES string of the molecule is CCO[C@@H]1O[C@H](CO)[C@@H](O)[C@H](O)[C@]1(O)c1ccc(O)cc1. The third-order valence-corrected chi connectivity index (χ3v) is 3.64. The molecule has 0 unspecified atom stereocenters. The van der Waals surface area contributed by atoms with Crippen LogP contribution in [0.25, 0.3) is 0 Å². The molecule has 1 saturated heterocycles. The smallest absolute Gasteiger partial charge is 0.193 e. The Balaban J connectivity index is 2.42. The van der Waals surface area contributed by atoms with E-state index in [9.17, 15) is 25.5 Å². The van der Waals surface area contributed by atoms with Crippen LogP contribution in [0.3, 0.4) is 0 Å². The Bertz CT molecular complexity index is 463. The van der Waals surface area contributed by atoms with Crippen LogP contribution in [-0.4, -0.2) is 63.3 Å². The number of aliphatic hydroxyl groups is 4. The second-order valence-electron chi connectivity index (χ2n) is 4.95. The summed E-state index contributed by atoms with van der Waals surface area (Å²) in [5, 5.41) is 49.6. The molecule has 118 valence electrons. The molecule has 0 aromatic heterocycles. The van der Waals surface area contributed by atoms with Gasteiger partial charge in [0.2, 0.25) is 0 Å². The monoisotopic (exact) mass is 300 g/mol. The highest BCUT2D eigenvalue weighted by atomic mass is 16.7. The number of benzene rings is 1. The molecular formula is C14H20O7. The highest BCUT2D eigenvalue weighted by molar-refractivity contribution is 5.32. The van der Waals surface area contributed by atoms with Crippen molar-refractivity contribution in [3.63, 3.8) is 0 Å². The Kier molecular flexibility index (Phi) is 4.82. The van der Waals surface area contributed by atoms with Crippen molar-refractivity contribution in [1.82, 2.24) is 0 Å². The molecule has 7 nitrogen and oxygen atoms in total. The second kappa shape index (κ2) is 6.27. The molecule has 2 rings (SSSR count).